The van der Waals surface area contributed by atoms with Gasteiger partial charge in [0.05, 0.1) is 12.1 Å². The van der Waals surface area contributed by atoms with Crippen LogP contribution in [0.5, 0.6) is 5.75 Å². The zero-order chi connectivity index (χ0) is 12.0. The van der Waals surface area contributed by atoms with Gasteiger partial charge in [0, 0.05) is 5.56 Å². The minimum absolute atomic E-state index is 0.0580. The van der Waals surface area contributed by atoms with Gasteiger partial charge in [0.2, 0.25) is 0 Å². The molecule has 0 atom stereocenters. The van der Waals surface area contributed by atoms with Gasteiger partial charge < -0.3 is 4.74 Å². The Kier molecular flexibility index (Phi) is 6.34. The Morgan fingerprint density at radius 1 is 1.27 bits per heavy atom. The van der Waals surface area contributed by atoms with Crippen molar-refractivity contribution in [3.8, 4) is 5.75 Å². The van der Waals surface area contributed by atoms with Crippen LogP contribution in [0, 0.1) is 5.82 Å². The maximum atomic E-state index is 13.3. The third-order valence-electron chi connectivity index (χ3n) is 1.89. The van der Waals surface area contributed by atoms with Gasteiger partial charge in [0.25, 0.3) is 0 Å². The standard InChI is InChI=1S/C10H12ClFO.C2H6/c1-6(2)9-7(12)4-5-8(13-3)10(9)11;1-2/h4-6H,1-3H3;1-2H3. The fourth-order valence-electron chi connectivity index (χ4n) is 1.24. The number of halogens is 2. The molecule has 15 heavy (non-hydrogen) atoms. The smallest absolute Gasteiger partial charge is 0.137 e. The van der Waals surface area contributed by atoms with Crippen LogP contribution in [0.15, 0.2) is 12.1 Å². The molecule has 0 unspecified atom stereocenters. The van der Waals surface area contributed by atoms with Crippen molar-refractivity contribution in [1.29, 1.82) is 0 Å². The number of methoxy groups -OCH3 is 1. The molecule has 0 spiro atoms. The number of ether oxygens (including phenoxy) is 1. The molecule has 1 aromatic rings. The molecular formula is C12H18ClFO. The van der Waals surface area contributed by atoms with Crippen LogP contribution in [0.1, 0.15) is 39.2 Å². The highest BCUT2D eigenvalue weighted by molar-refractivity contribution is 6.32. The monoisotopic (exact) mass is 232 g/mol. The van der Waals surface area contributed by atoms with E-state index in [1.165, 1.54) is 19.2 Å². The maximum absolute atomic E-state index is 13.3. The quantitative estimate of drug-likeness (QED) is 0.722. The van der Waals surface area contributed by atoms with Gasteiger partial charge >= 0.3 is 0 Å². The van der Waals surface area contributed by atoms with Crippen LogP contribution < -0.4 is 4.74 Å². The lowest BCUT2D eigenvalue weighted by molar-refractivity contribution is 0.412. The van der Waals surface area contributed by atoms with Gasteiger partial charge in [-0.1, -0.05) is 39.3 Å². The lowest BCUT2D eigenvalue weighted by Gasteiger charge is -2.12. The van der Waals surface area contributed by atoms with Crippen LogP contribution in [0.25, 0.3) is 0 Å². The highest BCUT2D eigenvalue weighted by Gasteiger charge is 2.14. The van der Waals surface area contributed by atoms with Crippen molar-refractivity contribution in [3.63, 3.8) is 0 Å². The van der Waals surface area contributed by atoms with Gasteiger partial charge in [-0.2, -0.15) is 0 Å². The fraction of sp³-hybridized carbons (Fsp3) is 0.500. The van der Waals surface area contributed by atoms with Gasteiger partial charge in [0.1, 0.15) is 11.6 Å². The molecule has 1 nitrogen and oxygen atoms in total. The number of hydrogen-bond acceptors (Lipinski definition) is 1. The highest BCUT2D eigenvalue weighted by atomic mass is 35.5. The molecule has 0 saturated carbocycles. The van der Waals surface area contributed by atoms with E-state index in [9.17, 15) is 4.39 Å². The Labute approximate surface area is 96.2 Å². The zero-order valence-electron chi connectivity index (χ0n) is 9.90. The Bertz CT molecular complexity index is 311. The van der Waals surface area contributed by atoms with Crippen LogP contribution in [-0.4, -0.2) is 7.11 Å². The van der Waals surface area contributed by atoms with Gasteiger partial charge in [-0.15, -0.1) is 0 Å². The summed E-state index contributed by atoms with van der Waals surface area (Å²) in [5.41, 5.74) is 0.515. The van der Waals surface area contributed by atoms with E-state index >= 15 is 0 Å². The lowest BCUT2D eigenvalue weighted by Crippen LogP contribution is -1.96. The van der Waals surface area contributed by atoms with Gasteiger partial charge in [-0.3, -0.25) is 0 Å². The molecule has 1 aromatic carbocycles. The van der Waals surface area contributed by atoms with E-state index in [2.05, 4.69) is 0 Å². The summed E-state index contributed by atoms with van der Waals surface area (Å²) < 4.78 is 18.3. The summed E-state index contributed by atoms with van der Waals surface area (Å²) >= 11 is 5.94. The first-order chi connectivity index (χ1) is 7.07. The van der Waals surface area contributed by atoms with Crippen LogP contribution >= 0.6 is 11.6 Å². The molecule has 0 aliphatic rings. The van der Waals surface area contributed by atoms with Gasteiger partial charge in [-0.25, -0.2) is 4.39 Å². The van der Waals surface area contributed by atoms with Crippen LogP contribution in [0.3, 0.4) is 0 Å². The summed E-state index contributed by atoms with van der Waals surface area (Å²) in [6.45, 7) is 7.79. The first-order valence-electron chi connectivity index (χ1n) is 5.09. The van der Waals surface area contributed by atoms with Gasteiger partial charge in [-0.05, 0) is 18.1 Å². The number of hydrogen-bond donors (Lipinski definition) is 0. The molecule has 0 amide bonds. The molecule has 3 heteroatoms. The molecule has 0 radical (unpaired) electrons. The molecule has 1 rings (SSSR count). The minimum atomic E-state index is -0.277. The first kappa shape index (κ1) is 14.2. The molecule has 86 valence electrons. The summed E-state index contributed by atoms with van der Waals surface area (Å²) in [6.07, 6.45) is 0. The molecule has 0 aromatic heterocycles. The molecule has 0 aliphatic heterocycles. The van der Waals surface area contributed by atoms with E-state index in [-0.39, 0.29) is 11.7 Å². The Balaban J connectivity index is 0.000000921. The van der Waals surface area contributed by atoms with E-state index < -0.39 is 0 Å². The van der Waals surface area contributed by atoms with E-state index in [0.717, 1.165) is 0 Å². The van der Waals surface area contributed by atoms with Crippen LogP contribution in [0.4, 0.5) is 4.39 Å². The van der Waals surface area contributed by atoms with Crippen molar-refractivity contribution >= 4 is 11.6 Å². The van der Waals surface area contributed by atoms with Crippen LogP contribution in [0.2, 0.25) is 5.02 Å². The normalized spacial score (nSPS) is 9.60. The fourth-order valence-corrected chi connectivity index (χ4v) is 1.68. The van der Waals surface area contributed by atoms with Crippen molar-refractivity contribution in [1.82, 2.24) is 0 Å². The maximum Gasteiger partial charge on any atom is 0.137 e. The Hall–Kier alpha value is -0.760. The summed E-state index contributed by atoms with van der Waals surface area (Å²) in [4.78, 5) is 0. The second-order valence-electron chi connectivity index (χ2n) is 3.13. The van der Waals surface area contributed by atoms with Crippen molar-refractivity contribution in [2.24, 2.45) is 0 Å². The number of rotatable bonds is 2. The molecule has 0 N–H and O–H groups in total. The predicted octanol–water partition coefficient (Wildman–Crippen LogP) is 4.64. The van der Waals surface area contributed by atoms with Crippen molar-refractivity contribution in [3.05, 3.63) is 28.5 Å². The second kappa shape index (κ2) is 6.67. The highest BCUT2D eigenvalue weighted by Crippen LogP contribution is 2.34. The van der Waals surface area contributed by atoms with Gasteiger partial charge in [0.15, 0.2) is 0 Å². The summed E-state index contributed by atoms with van der Waals surface area (Å²) in [5, 5.41) is 0.373. The van der Waals surface area contributed by atoms with Crippen LogP contribution in [-0.2, 0) is 0 Å². The third kappa shape index (κ3) is 3.38. The largest absolute Gasteiger partial charge is 0.495 e. The third-order valence-corrected chi connectivity index (χ3v) is 2.28. The second-order valence-corrected chi connectivity index (χ2v) is 3.51. The Morgan fingerprint density at radius 3 is 2.20 bits per heavy atom. The summed E-state index contributed by atoms with van der Waals surface area (Å²) in [6, 6.07) is 2.91. The summed E-state index contributed by atoms with van der Waals surface area (Å²) in [7, 11) is 1.52. The average Bonchev–Trinajstić information content (AvgIpc) is 2.20. The first-order valence-corrected chi connectivity index (χ1v) is 5.47. The lowest BCUT2D eigenvalue weighted by atomic mass is 10.0. The van der Waals surface area contributed by atoms with E-state index in [1.807, 2.05) is 27.7 Å². The predicted molar refractivity (Wildman–Crippen MR) is 63.4 cm³/mol. The average molecular weight is 233 g/mol. The van der Waals surface area contributed by atoms with E-state index in [4.69, 9.17) is 16.3 Å². The molecule has 0 bridgehead atoms. The zero-order valence-corrected chi connectivity index (χ0v) is 10.7. The topological polar surface area (TPSA) is 9.23 Å². The Morgan fingerprint density at radius 2 is 1.80 bits per heavy atom. The minimum Gasteiger partial charge on any atom is -0.495 e. The molecule has 0 fully saturated rings. The molecule has 0 heterocycles. The van der Waals surface area contributed by atoms with E-state index in [1.54, 1.807) is 0 Å². The van der Waals surface area contributed by atoms with Crippen molar-refractivity contribution in [2.75, 3.05) is 7.11 Å². The SMILES string of the molecule is CC.COc1ccc(F)c(C(C)C)c1Cl. The van der Waals surface area contributed by atoms with Crippen molar-refractivity contribution in [2.45, 2.75) is 33.6 Å². The molecule has 0 saturated heterocycles. The van der Waals surface area contributed by atoms with Crippen molar-refractivity contribution < 1.29 is 9.13 Å². The van der Waals surface area contributed by atoms with E-state index in [0.29, 0.717) is 16.3 Å². The summed E-state index contributed by atoms with van der Waals surface area (Å²) in [5.74, 6) is 0.301. The molecular weight excluding hydrogens is 215 g/mol. The number of benzene rings is 1. The molecule has 0 aliphatic carbocycles.